The van der Waals surface area contributed by atoms with Crippen molar-refractivity contribution in [2.45, 2.75) is 37.1 Å². The summed E-state index contributed by atoms with van der Waals surface area (Å²) in [7, 11) is -3.56. The molecule has 5 nitrogen and oxygen atoms in total. The molecule has 0 saturated carbocycles. The van der Waals surface area contributed by atoms with E-state index in [1.807, 2.05) is 36.6 Å². The highest BCUT2D eigenvalue weighted by molar-refractivity contribution is 7.91. The summed E-state index contributed by atoms with van der Waals surface area (Å²) in [5.74, 6) is 0. The molecule has 7 heteroatoms. The quantitative estimate of drug-likeness (QED) is 0.633. The molecule has 2 heterocycles. The van der Waals surface area contributed by atoms with Crippen LogP contribution >= 0.6 is 11.3 Å². The van der Waals surface area contributed by atoms with Crippen molar-refractivity contribution in [1.82, 2.24) is 4.31 Å². The zero-order valence-electron chi connectivity index (χ0n) is 17.1. The molecular weight excluding hydrogens is 414 g/mol. The summed E-state index contributed by atoms with van der Waals surface area (Å²) in [6.45, 7) is 4.42. The number of benzene rings is 2. The average molecular weight is 440 g/mol. The van der Waals surface area contributed by atoms with Gasteiger partial charge in [-0.1, -0.05) is 54.1 Å². The van der Waals surface area contributed by atoms with Crippen LogP contribution in [-0.2, 0) is 23.0 Å². The van der Waals surface area contributed by atoms with Gasteiger partial charge in [-0.25, -0.2) is 8.42 Å². The van der Waals surface area contributed by atoms with E-state index >= 15 is 0 Å². The first-order valence-corrected chi connectivity index (χ1v) is 12.0. The maximum absolute atomic E-state index is 13.4. The smallest absolute Gasteiger partial charge is 0.253 e. The number of hydrogen-bond acceptors (Lipinski definition) is 5. The van der Waals surface area contributed by atoms with E-state index in [1.54, 1.807) is 22.5 Å². The molecule has 0 radical (unpaired) electrons. The molecule has 0 aliphatic carbocycles. The number of rotatable bonds is 4. The highest BCUT2D eigenvalue weighted by Crippen LogP contribution is 2.31. The van der Waals surface area contributed by atoms with Gasteiger partial charge in [0.15, 0.2) is 0 Å². The summed E-state index contributed by atoms with van der Waals surface area (Å²) >= 11 is 1.27. The Bertz CT molecular complexity index is 1110. The summed E-state index contributed by atoms with van der Waals surface area (Å²) in [4.78, 5) is 0. The minimum atomic E-state index is -3.56. The number of aryl methyl sites for hydroxylation is 1. The molecule has 0 fully saturated rings. The Labute approximate surface area is 182 Å². The average Bonchev–Trinajstić information content (AvgIpc) is 3.22. The number of thiophene rings is 1. The second-order valence-electron chi connectivity index (χ2n) is 7.09. The van der Waals surface area contributed by atoms with E-state index in [2.05, 4.69) is 29.6 Å². The largest absolute Gasteiger partial charge is 0.383 e. The highest BCUT2D eigenvalue weighted by Gasteiger charge is 2.34. The van der Waals surface area contributed by atoms with Gasteiger partial charge in [0.05, 0.1) is 6.07 Å². The number of nitrogens with zero attached hydrogens (tertiary/aromatic N) is 2. The fourth-order valence-electron chi connectivity index (χ4n) is 3.52. The van der Waals surface area contributed by atoms with Crippen LogP contribution in [0.4, 0.5) is 5.69 Å². The van der Waals surface area contributed by atoms with Crippen LogP contribution in [0.2, 0.25) is 0 Å². The molecule has 1 aromatic heterocycles. The SMILES string of the molecule is CC#N.Cc1ccc2c(c1)CN(S(=O)(=O)c1cccs1)[C@H](Cc1ccccc1)CN2. The summed E-state index contributed by atoms with van der Waals surface area (Å²) in [6.07, 6.45) is 0.672. The van der Waals surface area contributed by atoms with Crippen LogP contribution in [0, 0.1) is 18.3 Å². The molecule has 0 bridgehead atoms. The predicted molar refractivity (Wildman–Crippen MR) is 122 cm³/mol. The van der Waals surface area contributed by atoms with Gasteiger partial charge in [-0.05, 0) is 42.0 Å². The number of nitrogens with one attached hydrogen (secondary N) is 1. The molecule has 1 aliphatic rings. The molecule has 3 aromatic rings. The lowest BCUT2D eigenvalue weighted by molar-refractivity contribution is 0.326. The van der Waals surface area contributed by atoms with Crippen molar-refractivity contribution in [2.75, 3.05) is 11.9 Å². The van der Waals surface area contributed by atoms with Crippen LogP contribution in [0.5, 0.6) is 0 Å². The van der Waals surface area contributed by atoms with Gasteiger partial charge >= 0.3 is 0 Å². The fraction of sp³-hybridized carbons (Fsp3) is 0.261. The number of fused-ring (bicyclic) bond motifs is 1. The highest BCUT2D eigenvalue weighted by atomic mass is 32.2. The summed E-state index contributed by atoms with van der Waals surface area (Å²) in [5.41, 5.74) is 4.30. The third-order valence-electron chi connectivity index (χ3n) is 4.89. The van der Waals surface area contributed by atoms with Gasteiger partial charge in [0, 0.05) is 31.7 Å². The number of hydrogen-bond donors (Lipinski definition) is 1. The van der Waals surface area contributed by atoms with E-state index in [9.17, 15) is 8.42 Å². The molecule has 1 aliphatic heterocycles. The van der Waals surface area contributed by atoms with Crippen LogP contribution in [0.25, 0.3) is 0 Å². The Morgan fingerprint density at radius 2 is 1.90 bits per heavy atom. The molecule has 0 spiro atoms. The van der Waals surface area contributed by atoms with E-state index in [-0.39, 0.29) is 6.04 Å². The van der Waals surface area contributed by atoms with Gasteiger partial charge in [-0.2, -0.15) is 9.57 Å². The number of nitriles is 1. The summed E-state index contributed by atoms with van der Waals surface area (Å²) < 4.78 is 28.9. The lowest BCUT2D eigenvalue weighted by atomic mass is 10.1. The van der Waals surface area contributed by atoms with Gasteiger partial charge in [0.1, 0.15) is 4.21 Å². The fourth-order valence-corrected chi connectivity index (χ4v) is 6.24. The van der Waals surface area contributed by atoms with E-state index in [1.165, 1.54) is 18.3 Å². The lowest BCUT2D eigenvalue weighted by Gasteiger charge is -2.28. The molecule has 30 heavy (non-hydrogen) atoms. The topological polar surface area (TPSA) is 73.2 Å². The summed E-state index contributed by atoms with van der Waals surface area (Å²) in [6, 6.07) is 21.3. The predicted octanol–water partition coefficient (Wildman–Crippen LogP) is 4.81. The van der Waals surface area contributed by atoms with E-state index in [4.69, 9.17) is 5.26 Å². The maximum Gasteiger partial charge on any atom is 0.253 e. The summed E-state index contributed by atoms with van der Waals surface area (Å²) in [5, 5.41) is 12.6. The standard InChI is InChI=1S/C21H22N2O2S2.C2H3N/c1-16-9-10-20-18(12-16)15-23(27(24,25)21-8-5-11-26-21)19(14-22-20)13-17-6-3-2-4-7-17;1-2-3/h2-12,19,22H,13-15H2,1H3;1H3/t19-;/m1./s1. The lowest BCUT2D eigenvalue weighted by Crippen LogP contribution is -2.43. The van der Waals surface area contributed by atoms with Gasteiger partial charge in [-0.3, -0.25) is 0 Å². The maximum atomic E-state index is 13.4. The van der Waals surface area contributed by atoms with Crippen molar-refractivity contribution in [1.29, 1.82) is 5.26 Å². The molecule has 0 unspecified atom stereocenters. The number of anilines is 1. The molecule has 4 rings (SSSR count). The van der Waals surface area contributed by atoms with Crippen LogP contribution in [0.1, 0.15) is 23.6 Å². The Morgan fingerprint density at radius 3 is 2.57 bits per heavy atom. The van der Waals surface area contributed by atoms with Gasteiger partial charge in [0.25, 0.3) is 10.0 Å². The molecule has 0 saturated heterocycles. The second kappa shape index (κ2) is 9.90. The molecular formula is C23H25N3O2S2. The van der Waals surface area contributed by atoms with E-state index < -0.39 is 10.0 Å². The minimum Gasteiger partial charge on any atom is -0.383 e. The van der Waals surface area contributed by atoms with Crippen LogP contribution < -0.4 is 5.32 Å². The van der Waals surface area contributed by atoms with Crippen molar-refractivity contribution >= 4 is 27.0 Å². The van der Waals surface area contributed by atoms with Gasteiger partial charge < -0.3 is 5.32 Å². The third-order valence-corrected chi connectivity index (χ3v) is 8.17. The Morgan fingerprint density at radius 1 is 1.17 bits per heavy atom. The molecule has 1 N–H and O–H groups in total. The van der Waals surface area contributed by atoms with E-state index in [0.29, 0.717) is 23.7 Å². The van der Waals surface area contributed by atoms with Crippen molar-refractivity contribution in [3.63, 3.8) is 0 Å². The Balaban J connectivity index is 0.000000806. The molecule has 1 atom stereocenters. The normalized spacial score (nSPS) is 16.2. The molecule has 0 amide bonds. The minimum absolute atomic E-state index is 0.160. The zero-order chi connectivity index (χ0) is 21.6. The number of sulfonamides is 1. The first kappa shape index (κ1) is 22.0. The van der Waals surface area contributed by atoms with Gasteiger partial charge in [-0.15, -0.1) is 11.3 Å². The van der Waals surface area contributed by atoms with E-state index in [0.717, 1.165) is 22.4 Å². The van der Waals surface area contributed by atoms with Crippen molar-refractivity contribution in [3.8, 4) is 6.07 Å². The Kier molecular flexibility index (Phi) is 7.27. The van der Waals surface area contributed by atoms with Crippen molar-refractivity contribution < 1.29 is 8.42 Å². The first-order chi connectivity index (χ1) is 14.5. The Hall–Kier alpha value is -2.66. The van der Waals surface area contributed by atoms with Crippen LogP contribution in [0.15, 0.2) is 70.3 Å². The monoisotopic (exact) mass is 439 g/mol. The van der Waals surface area contributed by atoms with Crippen LogP contribution in [-0.4, -0.2) is 25.3 Å². The molecule has 156 valence electrons. The van der Waals surface area contributed by atoms with Crippen molar-refractivity contribution in [3.05, 3.63) is 82.7 Å². The van der Waals surface area contributed by atoms with Crippen LogP contribution in [0.3, 0.4) is 0 Å². The molecule has 2 aromatic carbocycles. The first-order valence-electron chi connectivity index (χ1n) is 9.69. The van der Waals surface area contributed by atoms with Crippen molar-refractivity contribution in [2.24, 2.45) is 0 Å². The van der Waals surface area contributed by atoms with Gasteiger partial charge in [0.2, 0.25) is 0 Å². The second-order valence-corrected chi connectivity index (χ2v) is 10.2. The third kappa shape index (κ3) is 5.08. The zero-order valence-corrected chi connectivity index (χ0v) is 18.7.